The van der Waals surface area contributed by atoms with Crippen molar-refractivity contribution in [2.75, 3.05) is 0 Å². The van der Waals surface area contributed by atoms with Gasteiger partial charge in [-0.3, -0.25) is 9.79 Å². The topological polar surface area (TPSA) is 63.6 Å². The molecule has 1 aromatic heterocycles. The monoisotopic (exact) mass is 495 g/mol. The number of nitrogens with one attached hydrogen (secondary N) is 1. The van der Waals surface area contributed by atoms with E-state index < -0.39 is 0 Å². The average molecular weight is 496 g/mol. The maximum absolute atomic E-state index is 12.7. The lowest BCUT2D eigenvalue weighted by Gasteiger charge is -2.15. The van der Waals surface area contributed by atoms with Crippen LogP contribution in [0, 0.1) is 0 Å². The van der Waals surface area contributed by atoms with Gasteiger partial charge in [-0.15, -0.1) is 11.3 Å². The molecule has 3 aromatic carbocycles. The molecule has 0 radical (unpaired) electrons. The molecule has 1 aliphatic carbocycles. The van der Waals surface area contributed by atoms with Crippen molar-refractivity contribution in [1.82, 2.24) is 10.3 Å². The third kappa shape index (κ3) is 5.09. The Hall–Kier alpha value is -3.77. The van der Waals surface area contributed by atoms with Crippen molar-refractivity contribution in [3.05, 3.63) is 89.6 Å². The van der Waals surface area contributed by atoms with E-state index in [1.54, 1.807) is 11.3 Å². The zero-order chi connectivity index (χ0) is 25.1. The lowest BCUT2D eigenvalue weighted by Crippen LogP contribution is -2.28. The van der Waals surface area contributed by atoms with E-state index in [9.17, 15) is 4.79 Å². The summed E-state index contributed by atoms with van der Waals surface area (Å²) in [6.45, 7) is 7.68. The minimum atomic E-state index is 0.0401. The van der Waals surface area contributed by atoms with E-state index in [2.05, 4.69) is 35.2 Å². The van der Waals surface area contributed by atoms with E-state index >= 15 is 0 Å². The summed E-state index contributed by atoms with van der Waals surface area (Å²) in [5, 5.41) is 4.17. The largest absolute Gasteiger partial charge is 0.489 e. The minimum Gasteiger partial charge on any atom is -0.489 e. The Balaban J connectivity index is 1.36. The molecule has 1 aliphatic rings. The molecule has 0 saturated heterocycles. The number of amides is 1. The molecule has 0 saturated carbocycles. The molecule has 5 rings (SSSR count). The lowest BCUT2D eigenvalue weighted by atomic mass is 10.0. The highest BCUT2D eigenvalue weighted by atomic mass is 32.1. The zero-order valence-corrected chi connectivity index (χ0v) is 21.3. The van der Waals surface area contributed by atoms with Gasteiger partial charge in [-0.1, -0.05) is 48.5 Å². The molecule has 182 valence electrons. The van der Waals surface area contributed by atoms with E-state index in [0.717, 1.165) is 39.6 Å². The van der Waals surface area contributed by atoms with Gasteiger partial charge in [0.2, 0.25) is 5.91 Å². The van der Waals surface area contributed by atoms with Crippen molar-refractivity contribution in [3.63, 3.8) is 0 Å². The second-order valence-corrected chi connectivity index (χ2v) is 10.3. The smallest absolute Gasteiger partial charge is 0.224 e. The fourth-order valence-electron chi connectivity index (χ4n) is 4.72. The van der Waals surface area contributed by atoms with Gasteiger partial charge in [0.1, 0.15) is 16.4 Å². The molecule has 1 amide bonds. The first-order valence-corrected chi connectivity index (χ1v) is 13.0. The van der Waals surface area contributed by atoms with E-state index in [4.69, 9.17) is 9.72 Å². The van der Waals surface area contributed by atoms with E-state index in [1.807, 2.05) is 68.6 Å². The van der Waals surface area contributed by atoms with Crippen LogP contribution in [0.5, 0.6) is 5.75 Å². The molecule has 1 atom stereocenters. The SMILES string of the molecule is C=Nc1cc(-c2ncc(-c3cccc4c3CC[C@@H]4NC(=O)Cc3ccccc3)s2)ccc1OC(C)C. The van der Waals surface area contributed by atoms with Gasteiger partial charge in [0.25, 0.3) is 0 Å². The molecule has 5 nitrogen and oxygen atoms in total. The summed E-state index contributed by atoms with van der Waals surface area (Å²) in [6, 6.07) is 22.2. The van der Waals surface area contributed by atoms with Gasteiger partial charge >= 0.3 is 0 Å². The Morgan fingerprint density at radius 1 is 1.17 bits per heavy atom. The third-order valence-corrected chi connectivity index (χ3v) is 7.40. The number of thiazole rings is 1. The van der Waals surface area contributed by atoms with E-state index in [0.29, 0.717) is 12.1 Å². The van der Waals surface area contributed by atoms with E-state index in [-0.39, 0.29) is 18.1 Å². The van der Waals surface area contributed by atoms with Gasteiger partial charge in [0.05, 0.1) is 23.4 Å². The number of aromatic nitrogens is 1. The Kier molecular flexibility index (Phi) is 6.96. The molecule has 0 aliphatic heterocycles. The Morgan fingerprint density at radius 3 is 2.78 bits per heavy atom. The van der Waals surface area contributed by atoms with Crippen LogP contribution in [-0.4, -0.2) is 23.7 Å². The minimum absolute atomic E-state index is 0.0401. The van der Waals surface area contributed by atoms with Gasteiger partial charge in [-0.05, 0) is 73.9 Å². The molecular weight excluding hydrogens is 466 g/mol. The van der Waals surface area contributed by atoms with E-state index in [1.165, 1.54) is 16.7 Å². The molecular formula is C30H29N3O2S. The summed E-state index contributed by atoms with van der Waals surface area (Å²) in [6.07, 6.45) is 4.24. The maximum Gasteiger partial charge on any atom is 0.224 e. The molecule has 0 fully saturated rings. The van der Waals surface area contributed by atoms with Crippen LogP contribution in [0.25, 0.3) is 21.0 Å². The number of fused-ring (bicyclic) bond motifs is 1. The number of rotatable bonds is 8. The van der Waals surface area contributed by atoms with Gasteiger partial charge in [0.15, 0.2) is 0 Å². The van der Waals surface area contributed by atoms with Crippen LogP contribution in [0.3, 0.4) is 0 Å². The van der Waals surface area contributed by atoms with Crippen LogP contribution < -0.4 is 10.1 Å². The predicted molar refractivity (Wildman–Crippen MR) is 147 cm³/mol. The molecule has 1 heterocycles. The quantitative estimate of drug-likeness (QED) is 0.269. The summed E-state index contributed by atoms with van der Waals surface area (Å²) in [7, 11) is 0. The maximum atomic E-state index is 12.7. The number of ether oxygens (including phenoxy) is 1. The standard InChI is InChI=1S/C30H29N3O2S/c1-19(2)35-27-15-12-21(17-26(27)31-3)30-32-18-28(36-30)24-11-7-10-23-22(24)13-14-25(23)33-29(34)16-20-8-5-4-6-9-20/h4-12,15,17-19,25H,3,13-14,16H2,1-2H3,(H,33,34)/t25-/m0/s1. The van der Waals surface area contributed by atoms with Gasteiger partial charge in [-0.2, -0.15) is 0 Å². The van der Waals surface area contributed by atoms with Gasteiger partial charge < -0.3 is 10.1 Å². The highest BCUT2D eigenvalue weighted by molar-refractivity contribution is 7.18. The van der Waals surface area contributed by atoms with Crippen molar-refractivity contribution in [1.29, 1.82) is 0 Å². The highest BCUT2D eigenvalue weighted by Gasteiger charge is 2.27. The lowest BCUT2D eigenvalue weighted by molar-refractivity contribution is -0.121. The van der Waals surface area contributed by atoms with Crippen LogP contribution in [-0.2, 0) is 17.6 Å². The average Bonchev–Trinajstić information content (AvgIpc) is 3.52. The molecule has 36 heavy (non-hydrogen) atoms. The number of carbonyl (C=O) groups excluding carboxylic acids is 1. The summed E-state index contributed by atoms with van der Waals surface area (Å²) < 4.78 is 5.84. The van der Waals surface area contributed by atoms with Gasteiger partial charge in [-0.25, -0.2) is 4.98 Å². The molecule has 0 spiro atoms. The number of aliphatic imine (C=N–C) groups is 1. The Labute approximate surface area is 215 Å². The number of hydrogen-bond acceptors (Lipinski definition) is 5. The van der Waals surface area contributed by atoms with Crippen LogP contribution in [0.2, 0.25) is 0 Å². The van der Waals surface area contributed by atoms with Crippen molar-refractivity contribution >= 4 is 29.6 Å². The first-order valence-electron chi connectivity index (χ1n) is 12.2. The van der Waals surface area contributed by atoms with Crippen LogP contribution in [0.4, 0.5) is 5.69 Å². The summed E-state index contributed by atoms with van der Waals surface area (Å²) in [5.74, 6) is 0.780. The zero-order valence-electron chi connectivity index (χ0n) is 20.5. The van der Waals surface area contributed by atoms with Crippen molar-refractivity contribution in [3.8, 4) is 26.8 Å². The highest BCUT2D eigenvalue weighted by Crippen LogP contribution is 2.42. The normalized spacial score (nSPS) is 14.5. The summed E-state index contributed by atoms with van der Waals surface area (Å²) >= 11 is 1.66. The fourth-order valence-corrected chi connectivity index (χ4v) is 5.69. The first-order chi connectivity index (χ1) is 17.5. The van der Waals surface area contributed by atoms with Crippen molar-refractivity contribution in [2.24, 2.45) is 4.99 Å². The Bertz CT molecular complexity index is 1390. The number of benzene rings is 3. The van der Waals surface area contributed by atoms with Gasteiger partial charge in [0, 0.05) is 11.8 Å². The fraction of sp³-hybridized carbons (Fsp3) is 0.233. The number of carbonyl (C=O) groups is 1. The third-order valence-electron chi connectivity index (χ3n) is 6.32. The molecule has 6 heteroatoms. The number of nitrogens with zero attached hydrogens (tertiary/aromatic N) is 2. The predicted octanol–water partition coefficient (Wildman–Crippen LogP) is 6.94. The first kappa shape index (κ1) is 23.9. The molecule has 4 aromatic rings. The van der Waals surface area contributed by atoms with Crippen molar-refractivity contribution < 1.29 is 9.53 Å². The summed E-state index contributed by atoms with van der Waals surface area (Å²) in [4.78, 5) is 22.7. The molecule has 1 N–H and O–H groups in total. The summed E-state index contributed by atoms with van der Waals surface area (Å²) in [5.41, 5.74) is 6.43. The van der Waals surface area contributed by atoms with Crippen LogP contribution in [0.1, 0.15) is 43.0 Å². The van der Waals surface area contributed by atoms with Crippen LogP contribution in [0.15, 0.2) is 77.9 Å². The van der Waals surface area contributed by atoms with Crippen LogP contribution >= 0.6 is 11.3 Å². The second-order valence-electron chi connectivity index (χ2n) is 9.23. The molecule has 0 bridgehead atoms. The number of hydrogen-bond donors (Lipinski definition) is 1. The molecule has 0 unspecified atom stereocenters. The Morgan fingerprint density at radius 2 is 2.00 bits per heavy atom. The second kappa shape index (κ2) is 10.5. The van der Waals surface area contributed by atoms with Crippen molar-refractivity contribution in [2.45, 2.75) is 45.3 Å².